The Balaban J connectivity index is 1.95. The highest BCUT2D eigenvalue weighted by molar-refractivity contribution is 5.92. The molecule has 0 aliphatic carbocycles. The smallest absolute Gasteiger partial charge is 0.338 e. The maximum absolute atomic E-state index is 12.2. The van der Waals surface area contributed by atoms with E-state index in [1.807, 2.05) is 6.92 Å². The van der Waals surface area contributed by atoms with E-state index in [9.17, 15) is 14.4 Å². The minimum absolute atomic E-state index is 0.137. The second-order valence-corrected chi connectivity index (χ2v) is 6.30. The largest absolute Gasteiger partial charge is 0.490 e. The number of benzene rings is 1. The highest BCUT2D eigenvalue weighted by Gasteiger charge is 2.19. The Labute approximate surface area is 170 Å². The van der Waals surface area contributed by atoms with Crippen LogP contribution in [-0.2, 0) is 19.1 Å². The average Bonchev–Trinajstić information content (AvgIpc) is 2.75. The van der Waals surface area contributed by atoms with Gasteiger partial charge in [0.2, 0.25) is 0 Å². The van der Waals surface area contributed by atoms with Crippen LogP contribution in [0.2, 0.25) is 0 Å². The van der Waals surface area contributed by atoms with Gasteiger partial charge in [-0.3, -0.25) is 9.59 Å². The first-order chi connectivity index (χ1) is 14.0. The fraction of sp³-hybridized carbons (Fsp3) is 0.550. The first-order valence-electron chi connectivity index (χ1n) is 9.74. The first kappa shape index (κ1) is 22.5. The molecular formula is C20H28N2O7. The van der Waals surface area contributed by atoms with Crippen molar-refractivity contribution < 1.29 is 33.3 Å². The summed E-state index contributed by atoms with van der Waals surface area (Å²) < 4.78 is 21.4. The van der Waals surface area contributed by atoms with Crippen LogP contribution in [0.25, 0.3) is 0 Å². The van der Waals surface area contributed by atoms with Gasteiger partial charge in [-0.15, -0.1) is 0 Å². The van der Waals surface area contributed by atoms with Crippen molar-refractivity contribution in [2.75, 3.05) is 52.7 Å². The zero-order valence-electron chi connectivity index (χ0n) is 16.9. The lowest BCUT2D eigenvalue weighted by Crippen LogP contribution is -2.43. The fourth-order valence-corrected chi connectivity index (χ4v) is 2.60. The fourth-order valence-electron chi connectivity index (χ4n) is 2.60. The van der Waals surface area contributed by atoms with Crippen molar-refractivity contribution in [3.05, 3.63) is 23.8 Å². The van der Waals surface area contributed by atoms with Gasteiger partial charge in [0.1, 0.15) is 0 Å². The summed E-state index contributed by atoms with van der Waals surface area (Å²) in [5.41, 5.74) is 0.226. The van der Waals surface area contributed by atoms with Crippen molar-refractivity contribution in [2.24, 2.45) is 0 Å². The molecule has 1 heterocycles. The number of morpholine rings is 1. The van der Waals surface area contributed by atoms with Gasteiger partial charge in [0.15, 0.2) is 24.7 Å². The van der Waals surface area contributed by atoms with Crippen molar-refractivity contribution >= 4 is 17.8 Å². The van der Waals surface area contributed by atoms with Crippen LogP contribution in [0.1, 0.15) is 30.6 Å². The number of amides is 2. The third-order valence-corrected chi connectivity index (χ3v) is 4.10. The molecule has 2 rings (SSSR count). The van der Waals surface area contributed by atoms with Crippen LogP contribution >= 0.6 is 0 Å². The summed E-state index contributed by atoms with van der Waals surface area (Å²) in [4.78, 5) is 37.7. The number of hydrogen-bond donors (Lipinski definition) is 1. The van der Waals surface area contributed by atoms with Crippen molar-refractivity contribution in [2.45, 2.75) is 20.3 Å². The van der Waals surface area contributed by atoms with Gasteiger partial charge in [-0.25, -0.2) is 4.79 Å². The van der Waals surface area contributed by atoms with Gasteiger partial charge in [0.25, 0.3) is 11.8 Å². The number of carbonyl (C=O) groups is 3. The van der Waals surface area contributed by atoms with Crippen LogP contribution in [0.5, 0.6) is 11.5 Å². The molecule has 0 saturated carbocycles. The van der Waals surface area contributed by atoms with E-state index in [0.717, 1.165) is 6.42 Å². The van der Waals surface area contributed by atoms with Crippen molar-refractivity contribution in [3.8, 4) is 11.5 Å². The van der Waals surface area contributed by atoms with Crippen LogP contribution in [0, 0.1) is 0 Å². The highest BCUT2D eigenvalue weighted by atomic mass is 16.5. The van der Waals surface area contributed by atoms with Crippen LogP contribution in [-0.4, -0.2) is 75.4 Å². The third kappa shape index (κ3) is 7.26. The standard InChI is InChI=1S/C20H28N2O7/c1-3-7-21-18(23)13-29-20(25)15-5-6-16(17(12-15)27-4-2)28-14-19(24)22-8-10-26-11-9-22/h5-6,12H,3-4,7-11,13-14H2,1-2H3,(H,21,23). The predicted molar refractivity (Wildman–Crippen MR) is 104 cm³/mol. The molecule has 1 aliphatic rings. The zero-order valence-corrected chi connectivity index (χ0v) is 16.9. The van der Waals surface area contributed by atoms with Crippen LogP contribution < -0.4 is 14.8 Å². The summed E-state index contributed by atoms with van der Waals surface area (Å²) in [6.07, 6.45) is 0.799. The van der Waals surface area contributed by atoms with Crippen LogP contribution in [0.3, 0.4) is 0 Å². The monoisotopic (exact) mass is 408 g/mol. The lowest BCUT2D eigenvalue weighted by atomic mass is 10.2. The Bertz CT molecular complexity index is 702. The second kappa shape index (κ2) is 11.9. The van der Waals surface area contributed by atoms with E-state index >= 15 is 0 Å². The molecule has 160 valence electrons. The molecule has 2 amide bonds. The van der Waals surface area contributed by atoms with Crippen LogP contribution in [0.4, 0.5) is 0 Å². The van der Waals surface area contributed by atoms with Gasteiger partial charge in [0.05, 0.1) is 25.4 Å². The third-order valence-electron chi connectivity index (χ3n) is 4.10. The normalized spacial score (nSPS) is 13.5. The molecule has 29 heavy (non-hydrogen) atoms. The summed E-state index contributed by atoms with van der Waals surface area (Å²) in [7, 11) is 0. The van der Waals surface area contributed by atoms with E-state index in [1.54, 1.807) is 17.9 Å². The van der Waals surface area contributed by atoms with E-state index < -0.39 is 5.97 Å². The molecule has 1 fully saturated rings. The molecular weight excluding hydrogens is 380 g/mol. The predicted octanol–water partition coefficient (Wildman–Crippen LogP) is 1.01. The first-order valence-corrected chi connectivity index (χ1v) is 9.74. The topological polar surface area (TPSA) is 103 Å². The lowest BCUT2D eigenvalue weighted by Gasteiger charge is -2.26. The van der Waals surface area contributed by atoms with Crippen molar-refractivity contribution in [3.63, 3.8) is 0 Å². The van der Waals surface area contributed by atoms with Crippen molar-refractivity contribution in [1.29, 1.82) is 0 Å². The SMILES string of the molecule is CCCNC(=O)COC(=O)c1ccc(OCC(=O)N2CCOCC2)c(OCC)c1. The van der Waals surface area contributed by atoms with Crippen LogP contribution in [0.15, 0.2) is 18.2 Å². The van der Waals surface area contributed by atoms with E-state index in [4.69, 9.17) is 18.9 Å². The molecule has 0 unspecified atom stereocenters. The molecule has 1 aliphatic heterocycles. The molecule has 0 spiro atoms. The molecule has 1 aromatic carbocycles. The van der Waals surface area contributed by atoms with Gasteiger partial charge in [-0.2, -0.15) is 0 Å². The molecule has 1 N–H and O–H groups in total. The molecule has 9 nitrogen and oxygen atoms in total. The molecule has 1 saturated heterocycles. The number of esters is 1. The van der Waals surface area contributed by atoms with E-state index in [2.05, 4.69) is 5.32 Å². The lowest BCUT2D eigenvalue weighted by molar-refractivity contribution is -0.137. The Morgan fingerprint density at radius 3 is 2.52 bits per heavy atom. The van der Waals surface area contributed by atoms with E-state index in [1.165, 1.54) is 12.1 Å². The maximum atomic E-state index is 12.2. The number of ether oxygens (including phenoxy) is 4. The summed E-state index contributed by atoms with van der Waals surface area (Å²) >= 11 is 0. The number of nitrogens with one attached hydrogen (secondary N) is 1. The number of hydrogen-bond acceptors (Lipinski definition) is 7. The summed E-state index contributed by atoms with van der Waals surface area (Å²) in [5.74, 6) is -0.462. The minimum Gasteiger partial charge on any atom is -0.490 e. The second-order valence-electron chi connectivity index (χ2n) is 6.30. The Hall–Kier alpha value is -2.81. The molecule has 0 radical (unpaired) electrons. The molecule has 0 aromatic heterocycles. The zero-order chi connectivity index (χ0) is 21.1. The van der Waals surface area contributed by atoms with Crippen molar-refractivity contribution in [1.82, 2.24) is 10.2 Å². The van der Waals surface area contributed by atoms with E-state index in [0.29, 0.717) is 51.0 Å². The molecule has 0 bridgehead atoms. The Morgan fingerprint density at radius 2 is 1.83 bits per heavy atom. The highest BCUT2D eigenvalue weighted by Crippen LogP contribution is 2.29. The van der Waals surface area contributed by atoms with Gasteiger partial charge >= 0.3 is 5.97 Å². The van der Waals surface area contributed by atoms with Gasteiger partial charge in [0, 0.05) is 19.6 Å². The minimum atomic E-state index is -0.645. The molecule has 0 atom stereocenters. The Kier molecular flexibility index (Phi) is 9.23. The van der Waals surface area contributed by atoms with Gasteiger partial charge in [-0.1, -0.05) is 6.92 Å². The number of rotatable bonds is 10. The summed E-state index contributed by atoms with van der Waals surface area (Å²) in [6, 6.07) is 4.53. The molecule has 1 aromatic rings. The van der Waals surface area contributed by atoms with E-state index in [-0.39, 0.29) is 30.6 Å². The number of carbonyl (C=O) groups excluding carboxylic acids is 3. The quantitative estimate of drug-likeness (QED) is 0.576. The summed E-state index contributed by atoms with van der Waals surface area (Å²) in [5, 5.41) is 2.63. The van der Waals surface area contributed by atoms with Gasteiger partial charge < -0.3 is 29.2 Å². The molecule has 9 heteroatoms. The summed E-state index contributed by atoms with van der Waals surface area (Å²) in [6.45, 7) is 6.23. The average molecular weight is 408 g/mol. The number of nitrogens with zero attached hydrogens (tertiary/aromatic N) is 1. The Morgan fingerprint density at radius 1 is 1.07 bits per heavy atom. The maximum Gasteiger partial charge on any atom is 0.338 e. The van der Waals surface area contributed by atoms with Gasteiger partial charge in [-0.05, 0) is 31.5 Å².